The van der Waals surface area contributed by atoms with Gasteiger partial charge in [0.25, 0.3) is 0 Å². The number of hydrogen-bond donors (Lipinski definition) is 1. The summed E-state index contributed by atoms with van der Waals surface area (Å²) < 4.78 is 5.37. The molecule has 1 atom stereocenters. The minimum atomic E-state index is 0.310. The van der Waals surface area contributed by atoms with E-state index in [0.717, 1.165) is 12.4 Å². The summed E-state index contributed by atoms with van der Waals surface area (Å²) in [5, 5.41) is 3.36. The van der Waals surface area contributed by atoms with E-state index in [1.165, 1.54) is 0 Å². The summed E-state index contributed by atoms with van der Waals surface area (Å²) in [4.78, 5) is 4.38. The van der Waals surface area contributed by atoms with Crippen LogP contribution in [0.3, 0.4) is 0 Å². The summed E-state index contributed by atoms with van der Waals surface area (Å²) >= 11 is 0. The highest BCUT2D eigenvalue weighted by Crippen LogP contribution is 2.25. The molecule has 96 valence electrons. The number of nitrogens with zero attached hydrogens (tertiary/aromatic N) is 1. The highest BCUT2D eigenvalue weighted by atomic mass is 16.5. The molecule has 1 rings (SSSR count). The van der Waals surface area contributed by atoms with Crippen molar-refractivity contribution in [1.82, 2.24) is 4.98 Å². The molecule has 0 aliphatic heterocycles. The van der Waals surface area contributed by atoms with Crippen molar-refractivity contribution in [3.8, 4) is 5.88 Å². The van der Waals surface area contributed by atoms with E-state index in [-0.39, 0.29) is 0 Å². The zero-order valence-corrected chi connectivity index (χ0v) is 11.6. The van der Waals surface area contributed by atoms with Gasteiger partial charge in [0, 0.05) is 12.6 Å². The van der Waals surface area contributed by atoms with Gasteiger partial charge in [0.15, 0.2) is 0 Å². The number of pyridine rings is 1. The topological polar surface area (TPSA) is 34.1 Å². The highest BCUT2D eigenvalue weighted by molar-refractivity contribution is 5.37. The highest BCUT2D eigenvalue weighted by Gasteiger charge is 2.19. The Morgan fingerprint density at radius 1 is 1.35 bits per heavy atom. The molecule has 0 amide bonds. The second-order valence-corrected chi connectivity index (χ2v) is 5.44. The number of aromatic nitrogens is 1. The lowest BCUT2D eigenvalue weighted by atomic mass is 9.82. The van der Waals surface area contributed by atoms with Crippen molar-refractivity contribution in [2.24, 2.45) is 11.3 Å². The van der Waals surface area contributed by atoms with Gasteiger partial charge in [-0.3, -0.25) is 0 Å². The molecule has 0 saturated heterocycles. The molecule has 0 aliphatic carbocycles. The maximum atomic E-state index is 5.37. The second-order valence-electron chi connectivity index (χ2n) is 5.44. The molecule has 0 radical (unpaired) electrons. The molecule has 0 aliphatic rings. The first-order chi connectivity index (χ1) is 7.93. The van der Waals surface area contributed by atoms with E-state index < -0.39 is 0 Å². The number of nitrogens with one attached hydrogen (secondary N) is 1. The third kappa shape index (κ3) is 4.63. The van der Waals surface area contributed by atoms with Crippen LogP contribution in [-0.2, 0) is 0 Å². The number of hydrogen-bond acceptors (Lipinski definition) is 3. The molecular formula is C14H24N2O. The van der Waals surface area contributed by atoms with Crippen LogP contribution in [0.2, 0.25) is 0 Å². The van der Waals surface area contributed by atoms with Gasteiger partial charge in [-0.2, -0.15) is 4.98 Å². The Hall–Kier alpha value is -1.25. The fourth-order valence-electron chi connectivity index (χ4n) is 1.31. The smallest absolute Gasteiger partial charge is 0.215 e. The Balaban J connectivity index is 2.54. The average molecular weight is 236 g/mol. The van der Waals surface area contributed by atoms with E-state index in [1.54, 1.807) is 0 Å². The fourth-order valence-corrected chi connectivity index (χ4v) is 1.31. The first kappa shape index (κ1) is 13.8. The molecule has 1 aromatic rings. The molecule has 0 saturated carbocycles. The van der Waals surface area contributed by atoms with E-state index in [4.69, 9.17) is 4.74 Å². The Labute approximate surface area is 105 Å². The largest absolute Gasteiger partial charge is 0.478 e. The summed E-state index contributed by atoms with van der Waals surface area (Å²) in [7, 11) is 0. The molecule has 17 heavy (non-hydrogen) atoms. The average Bonchev–Trinajstić information content (AvgIpc) is 2.25. The lowest BCUT2D eigenvalue weighted by Gasteiger charge is -2.27. The van der Waals surface area contributed by atoms with E-state index in [1.807, 2.05) is 25.1 Å². The third-order valence-electron chi connectivity index (χ3n) is 3.08. The Morgan fingerprint density at radius 3 is 2.65 bits per heavy atom. The summed E-state index contributed by atoms with van der Waals surface area (Å²) in [6.45, 7) is 12.5. The van der Waals surface area contributed by atoms with E-state index in [0.29, 0.717) is 23.8 Å². The first-order valence-corrected chi connectivity index (χ1v) is 6.27. The minimum Gasteiger partial charge on any atom is -0.478 e. The molecule has 1 N–H and O–H groups in total. The molecular weight excluding hydrogens is 212 g/mol. The van der Waals surface area contributed by atoms with Crippen molar-refractivity contribution < 1.29 is 4.74 Å². The molecule has 0 fully saturated rings. The van der Waals surface area contributed by atoms with Crippen molar-refractivity contribution in [3.05, 3.63) is 18.2 Å². The van der Waals surface area contributed by atoms with Gasteiger partial charge in [-0.05, 0) is 24.3 Å². The van der Waals surface area contributed by atoms with Gasteiger partial charge in [0.05, 0.1) is 6.61 Å². The van der Waals surface area contributed by atoms with Crippen molar-refractivity contribution in [1.29, 1.82) is 0 Å². The Morgan fingerprint density at radius 2 is 2.06 bits per heavy atom. The maximum Gasteiger partial charge on any atom is 0.215 e. The van der Waals surface area contributed by atoms with E-state index in [2.05, 4.69) is 38.0 Å². The van der Waals surface area contributed by atoms with Crippen molar-refractivity contribution in [2.75, 3.05) is 18.5 Å². The maximum absolute atomic E-state index is 5.37. The Bertz CT molecular complexity index is 344. The summed E-state index contributed by atoms with van der Waals surface area (Å²) in [5.41, 5.74) is 0.310. The zero-order valence-electron chi connectivity index (χ0n) is 11.6. The second kappa shape index (κ2) is 5.89. The number of ether oxygens (including phenoxy) is 1. The molecule has 3 nitrogen and oxygen atoms in total. The van der Waals surface area contributed by atoms with Crippen LogP contribution in [0.25, 0.3) is 0 Å². The van der Waals surface area contributed by atoms with Gasteiger partial charge < -0.3 is 10.1 Å². The molecule has 0 spiro atoms. The number of rotatable bonds is 5. The van der Waals surface area contributed by atoms with Crippen molar-refractivity contribution >= 4 is 5.82 Å². The Kier molecular flexibility index (Phi) is 4.79. The predicted molar refractivity (Wildman–Crippen MR) is 72.5 cm³/mol. The van der Waals surface area contributed by atoms with Crippen LogP contribution in [-0.4, -0.2) is 18.1 Å². The van der Waals surface area contributed by atoms with E-state index >= 15 is 0 Å². The van der Waals surface area contributed by atoms with Crippen LogP contribution in [0.4, 0.5) is 5.82 Å². The normalized spacial score (nSPS) is 13.2. The molecule has 0 aromatic carbocycles. The predicted octanol–water partition coefficient (Wildman–Crippen LogP) is 3.57. The van der Waals surface area contributed by atoms with Gasteiger partial charge in [0.2, 0.25) is 5.88 Å². The molecule has 0 bridgehead atoms. The number of anilines is 1. The van der Waals surface area contributed by atoms with Gasteiger partial charge in [-0.1, -0.05) is 33.8 Å². The lowest BCUT2D eigenvalue weighted by Crippen LogP contribution is -2.25. The molecule has 1 heterocycles. The van der Waals surface area contributed by atoms with Gasteiger partial charge in [-0.15, -0.1) is 0 Å². The van der Waals surface area contributed by atoms with Crippen LogP contribution in [0.15, 0.2) is 18.2 Å². The van der Waals surface area contributed by atoms with E-state index in [9.17, 15) is 0 Å². The summed E-state index contributed by atoms with van der Waals surface area (Å²) in [5.74, 6) is 2.15. The lowest BCUT2D eigenvalue weighted by molar-refractivity contribution is 0.274. The molecule has 1 unspecified atom stereocenters. The summed E-state index contributed by atoms with van der Waals surface area (Å²) in [6, 6.07) is 5.81. The third-order valence-corrected chi connectivity index (χ3v) is 3.08. The van der Waals surface area contributed by atoms with Crippen molar-refractivity contribution in [2.45, 2.75) is 34.6 Å². The molecule has 3 heteroatoms. The van der Waals surface area contributed by atoms with Gasteiger partial charge >= 0.3 is 0 Å². The van der Waals surface area contributed by atoms with Crippen LogP contribution < -0.4 is 10.1 Å². The summed E-state index contributed by atoms with van der Waals surface area (Å²) in [6.07, 6.45) is 0. The van der Waals surface area contributed by atoms with Crippen LogP contribution in [0.1, 0.15) is 34.6 Å². The van der Waals surface area contributed by atoms with Crippen LogP contribution in [0, 0.1) is 11.3 Å². The first-order valence-electron chi connectivity index (χ1n) is 6.27. The van der Waals surface area contributed by atoms with Crippen LogP contribution >= 0.6 is 0 Å². The zero-order chi connectivity index (χ0) is 12.9. The minimum absolute atomic E-state index is 0.310. The van der Waals surface area contributed by atoms with Gasteiger partial charge in [0.1, 0.15) is 5.82 Å². The SMILES string of the molecule is CCOc1cccc(NCC(C)C(C)(C)C)n1. The monoisotopic (exact) mass is 236 g/mol. The quantitative estimate of drug-likeness (QED) is 0.848. The van der Waals surface area contributed by atoms with Crippen LogP contribution in [0.5, 0.6) is 5.88 Å². The molecule has 1 aromatic heterocycles. The van der Waals surface area contributed by atoms with Crippen molar-refractivity contribution in [3.63, 3.8) is 0 Å². The fraction of sp³-hybridized carbons (Fsp3) is 0.643. The standard InChI is InChI=1S/C14H24N2O/c1-6-17-13-9-7-8-12(16-13)15-10-11(2)14(3,4)5/h7-9,11H,6,10H2,1-5H3,(H,15,16). The van der Waals surface area contributed by atoms with Gasteiger partial charge in [-0.25, -0.2) is 0 Å².